The molecular formula is C15H18N2OS. The first-order chi connectivity index (χ1) is 9.17. The summed E-state index contributed by atoms with van der Waals surface area (Å²) in [4.78, 5) is 6.59. The van der Waals surface area contributed by atoms with E-state index < -0.39 is 5.60 Å². The van der Waals surface area contributed by atoms with Gasteiger partial charge in [-0.3, -0.25) is 4.90 Å². The van der Waals surface area contributed by atoms with E-state index >= 15 is 0 Å². The number of aryl methyl sites for hydroxylation is 1. The lowest BCUT2D eigenvalue weighted by molar-refractivity contribution is 0.0446. The molecule has 1 aliphatic rings. The monoisotopic (exact) mass is 274 g/mol. The molecule has 3 nitrogen and oxygen atoms in total. The SMILES string of the molecule is Cc1ccccc1C1(O)CCN(Cc2cscn2)C1. The van der Waals surface area contributed by atoms with Crippen molar-refractivity contribution in [1.82, 2.24) is 9.88 Å². The van der Waals surface area contributed by atoms with Crippen molar-refractivity contribution < 1.29 is 5.11 Å². The van der Waals surface area contributed by atoms with E-state index in [9.17, 15) is 5.11 Å². The Kier molecular flexibility index (Phi) is 3.39. The molecule has 0 bridgehead atoms. The molecule has 3 rings (SSSR count). The van der Waals surface area contributed by atoms with Gasteiger partial charge in [0.15, 0.2) is 0 Å². The van der Waals surface area contributed by atoms with Gasteiger partial charge in [0.2, 0.25) is 0 Å². The van der Waals surface area contributed by atoms with Gasteiger partial charge in [-0.1, -0.05) is 24.3 Å². The van der Waals surface area contributed by atoms with Crippen LogP contribution in [0.4, 0.5) is 0 Å². The number of benzene rings is 1. The number of β-amino-alcohol motifs (C(OH)–C–C–N with tert-alkyl or cyclic N) is 1. The van der Waals surface area contributed by atoms with Gasteiger partial charge in [-0.2, -0.15) is 0 Å². The molecule has 0 aliphatic carbocycles. The molecule has 100 valence electrons. The van der Waals surface area contributed by atoms with Crippen molar-refractivity contribution >= 4 is 11.3 Å². The minimum atomic E-state index is -0.707. The van der Waals surface area contributed by atoms with Crippen LogP contribution in [0.2, 0.25) is 0 Å². The molecule has 0 saturated carbocycles. The summed E-state index contributed by atoms with van der Waals surface area (Å²) in [6, 6.07) is 8.13. The van der Waals surface area contributed by atoms with E-state index in [2.05, 4.69) is 28.3 Å². The molecule has 1 saturated heterocycles. The summed E-state index contributed by atoms with van der Waals surface area (Å²) in [5.74, 6) is 0. The van der Waals surface area contributed by atoms with Gasteiger partial charge in [-0.05, 0) is 24.5 Å². The van der Waals surface area contributed by atoms with Crippen LogP contribution in [0.1, 0.15) is 23.2 Å². The van der Waals surface area contributed by atoms with Gasteiger partial charge in [0, 0.05) is 25.0 Å². The van der Waals surface area contributed by atoms with Crippen LogP contribution < -0.4 is 0 Å². The lowest BCUT2D eigenvalue weighted by atomic mass is 9.89. The van der Waals surface area contributed by atoms with Crippen LogP contribution in [-0.4, -0.2) is 28.1 Å². The number of aromatic nitrogens is 1. The number of rotatable bonds is 3. The molecule has 1 fully saturated rings. The third-order valence-electron chi connectivity index (χ3n) is 3.84. The lowest BCUT2D eigenvalue weighted by Gasteiger charge is -2.25. The van der Waals surface area contributed by atoms with E-state index in [0.717, 1.165) is 30.8 Å². The molecule has 1 aromatic carbocycles. The average molecular weight is 274 g/mol. The summed E-state index contributed by atoms with van der Waals surface area (Å²) in [5, 5.41) is 13.0. The van der Waals surface area contributed by atoms with Crippen molar-refractivity contribution in [3.63, 3.8) is 0 Å². The summed E-state index contributed by atoms with van der Waals surface area (Å²) < 4.78 is 0. The van der Waals surface area contributed by atoms with Crippen LogP contribution in [-0.2, 0) is 12.1 Å². The van der Waals surface area contributed by atoms with Crippen molar-refractivity contribution in [1.29, 1.82) is 0 Å². The van der Waals surface area contributed by atoms with Gasteiger partial charge in [-0.15, -0.1) is 11.3 Å². The summed E-state index contributed by atoms with van der Waals surface area (Å²) in [7, 11) is 0. The summed E-state index contributed by atoms with van der Waals surface area (Å²) in [6.07, 6.45) is 0.794. The molecule has 4 heteroatoms. The Bertz CT molecular complexity index is 555. The highest BCUT2D eigenvalue weighted by Gasteiger charge is 2.38. The Morgan fingerprint density at radius 3 is 3.00 bits per heavy atom. The number of hydrogen-bond donors (Lipinski definition) is 1. The van der Waals surface area contributed by atoms with Gasteiger partial charge >= 0.3 is 0 Å². The van der Waals surface area contributed by atoms with E-state index in [1.807, 2.05) is 23.7 Å². The molecule has 1 aromatic heterocycles. The molecular weight excluding hydrogens is 256 g/mol. The highest BCUT2D eigenvalue weighted by Crippen LogP contribution is 2.34. The van der Waals surface area contributed by atoms with Crippen LogP contribution >= 0.6 is 11.3 Å². The van der Waals surface area contributed by atoms with Gasteiger partial charge < -0.3 is 5.11 Å². The highest BCUT2D eigenvalue weighted by atomic mass is 32.1. The topological polar surface area (TPSA) is 36.4 Å². The molecule has 0 amide bonds. The van der Waals surface area contributed by atoms with Crippen LogP contribution in [0.5, 0.6) is 0 Å². The molecule has 2 heterocycles. The fourth-order valence-corrected chi connectivity index (χ4v) is 3.42. The minimum absolute atomic E-state index is 0.690. The Morgan fingerprint density at radius 2 is 2.26 bits per heavy atom. The summed E-state index contributed by atoms with van der Waals surface area (Å²) in [5.41, 5.74) is 4.48. The normalized spacial score (nSPS) is 23.9. The second-order valence-corrected chi connectivity index (χ2v) is 6.01. The zero-order chi connectivity index (χ0) is 13.3. The van der Waals surface area contributed by atoms with Gasteiger partial charge in [0.25, 0.3) is 0 Å². The van der Waals surface area contributed by atoms with E-state index in [0.29, 0.717) is 6.54 Å². The molecule has 1 unspecified atom stereocenters. The minimum Gasteiger partial charge on any atom is -0.384 e. The van der Waals surface area contributed by atoms with Crippen LogP contribution in [0.15, 0.2) is 35.2 Å². The molecule has 1 N–H and O–H groups in total. The molecule has 1 aliphatic heterocycles. The Hall–Kier alpha value is -1.23. The predicted molar refractivity (Wildman–Crippen MR) is 77.1 cm³/mol. The number of thiazole rings is 1. The van der Waals surface area contributed by atoms with Crippen LogP contribution in [0.25, 0.3) is 0 Å². The van der Waals surface area contributed by atoms with Crippen molar-refractivity contribution in [3.05, 3.63) is 52.0 Å². The van der Waals surface area contributed by atoms with Gasteiger partial charge in [0.05, 0.1) is 11.2 Å². The Morgan fingerprint density at radius 1 is 1.42 bits per heavy atom. The van der Waals surface area contributed by atoms with Gasteiger partial charge in [-0.25, -0.2) is 4.98 Å². The van der Waals surface area contributed by atoms with E-state index in [-0.39, 0.29) is 0 Å². The van der Waals surface area contributed by atoms with Crippen molar-refractivity contribution in [2.24, 2.45) is 0 Å². The largest absolute Gasteiger partial charge is 0.384 e. The molecule has 19 heavy (non-hydrogen) atoms. The third kappa shape index (κ3) is 2.56. The molecule has 0 spiro atoms. The second-order valence-electron chi connectivity index (χ2n) is 5.29. The van der Waals surface area contributed by atoms with Crippen LogP contribution in [0, 0.1) is 6.92 Å². The summed E-state index contributed by atoms with van der Waals surface area (Å²) in [6.45, 7) is 4.51. The Balaban J connectivity index is 1.75. The zero-order valence-electron chi connectivity index (χ0n) is 11.0. The van der Waals surface area contributed by atoms with Gasteiger partial charge in [0.1, 0.15) is 5.60 Å². The fourth-order valence-electron chi connectivity index (χ4n) is 2.87. The first-order valence-electron chi connectivity index (χ1n) is 6.55. The number of aliphatic hydroxyl groups is 1. The zero-order valence-corrected chi connectivity index (χ0v) is 11.9. The van der Waals surface area contributed by atoms with E-state index in [1.165, 1.54) is 5.56 Å². The van der Waals surface area contributed by atoms with Crippen molar-refractivity contribution in [2.75, 3.05) is 13.1 Å². The summed E-state index contributed by atoms with van der Waals surface area (Å²) >= 11 is 1.62. The van der Waals surface area contributed by atoms with E-state index in [4.69, 9.17) is 0 Å². The maximum absolute atomic E-state index is 10.9. The first kappa shape index (κ1) is 12.8. The molecule has 2 aromatic rings. The number of nitrogens with zero attached hydrogens (tertiary/aromatic N) is 2. The molecule has 1 atom stereocenters. The van der Waals surface area contributed by atoms with Crippen molar-refractivity contribution in [3.8, 4) is 0 Å². The lowest BCUT2D eigenvalue weighted by Crippen LogP contribution is -2.31. The average Bonchev–Trinajstić information content (AvgIpc) is 3.01. The highest BCUT2D eigenvalue weighted by molar-refractivity contribution is 7.07. The second kappa shape index (κ2) is 5.04. The third-order valence-corrected chi connectivity index (χ3v) is 4.48. The molecule has 0 radical (unpaired) electrons. The van der Waals surface area contributed by atoms with E-state index in [1.54, 1.807) is 11.3 Å². The predicted octanol–water partition coefficient (Wildman–Crippen LogP) is 2.55. The first-order valence-corrected chi connectivity index (χ1v) is 7.49. The quantitative estimate of drug-likeness (QED) is 0.934. The van der Waals surface area contributed by atoms with Crippen molar-refractivity contribution in [2.45, 2.75) is 25.5 Å². The fraction of sp³-hybridized carbons (Fsp3) is 0.400. The smallest absolute Gasteiger partial charge is 0.104 e. The maximum Gasteiger partial charge on any atom is 0.104 e. The Labute approximate surface area is 117 Å². The maximum atomic E-state index is 10.9. The number of hydrogen-bond acceptors (Lipinski definition) is 4. The standard InChI is InChI=1S/C15H18N2OS/c1-12-4-2-3-5-14(12)15(18)6-7-17(10-15)8-13-9-19-11-16-13/h2-5,9,11,18H,6-8,10H2,1H3. The van der Waals surface area contributed by atoms with Crippen LogP contribution in [0.3, 0.4) is 0 Å². The number of likely N-dealkylation sites (tertiary alicyclic amines) is 1.